The number of hydrogen-bond donors (Lipinski definition) is 2. The van der Waals surface area contributed by atoms with Crippen molar-refractivity contribution >= 4 is 5.91 Å². The van der Waals surface area contributed by atoms with Crippen LogP contribution in [0, 0.1) is 5.92 Å². The van der Waals surface area contributed by atoms with Gasteiger partial charge in [-0.3, -0.25) is 4.79 Å². The number of nitrogens with two attached hydrogens (primary N) is 1. The molecular formula is C11H22N2O3. The van der Waals surface area contributed by atoms with Crippen molar-refractivity contribution in [1.82, 2.24) is 5.32 Å². The number of amides is 1. The number of ether oxygens (including phenoxy) is 2. The summed E-state index contributed by atoms with van der Waals surface area (Å²) in [7, 11) is 3.22. The molecule has 1 rings (SSSR count). The zero-order valence-electron chi connectivity index (χ0n) is 10.1. The maximum absolute atomic E-state index is 11.8. The van der Waals surface area contributed by atoms with Crippen LogP contribution in [-0.2, 0) is 14.3 Å². The van der Waals surface area contributed by atoms with Gasteiger partial charge in [-0.15, -0.1) is 0 Å². The molecular weight excluding hydrogens is 208 g/mol. The fourth-order valence-corrected chi connectivity index (χ4v) is 2.06. The molecule has 1 saturated carbocycles. The normalized spacial score (nSPS) is 26.7. The van der Waals surface area contributed by atoms with Gasteiger partial charge in [0.05, 0.1) is 18.6 Å². The largest absolute Gasteiger partial charge is 0.382 e. The zero-order valence-corrected chi connectivity index (χ0v) is 10.1. The number of methoxy groups -OCH3 is 2. The first kappa shape index (κ1) is 13.4. The summed E-state index contributed by atoms with van der Waals surface area (Å²) in [6.07, 6.45) is 2.80. The lowest BCUT2D eigenvalue weighted by atomic mass is 10.0. The molecule has 0 aromatic heterocycles. The average molecular weight is 230 g/mol. The fraction of sp³-hybridized carbons (Fsp3) is 0.909. The predicted octanol–water partition coefficient (Wildman–Crippen LogP) is -0.109. The van der Waals surface area contributed by atoms with Gasteiger partial charge in [0.1, 0.15) is 0 Å². The second-order valence-corrected chi connectivity index (χ2v) is 4.26. The Bertz CT molecular complexity index is 223. The first-order valence-corrected chi connectivity index (χ1v) is 5.74. The third-order valence-electron chi connectivity index (χ3n) is 3.10. The van der Waals surface area contributed by atoms with E-state index < -0.39 is 0 Å². The minimum absolute atomic E-state index is 0.0171. The van der Waals surface area contributed by atoms with Gasteiger partial charge in [0.25, 0.3) is 0 Å². The maximum atomic E-state index is 11.8. The topological polar surface area (TPSA) is 73.6 Å². The van der Waals surface area contributed by atoms with Crippen molar-refractivity contribution in [1.29, 1.82) is 0 Å². The van der Waals surface area contributed by atoms with E-state index in [1.54, 1.807) is 14.2 Å². The molecule has 0 heterocycles. The Morgan fingerprint density at radius 2 is 2.25 bits per heavy atom. The van der Waals surface area contributed by atoms with Crippen LogP contribution in [-0.4, -0.2) is 45.4 Å². The molecule has 1 aliphatic rings. The highest BCUT2D eigenvalue weighted by Gasteiger charge is 2.30. The van der Waals surface area contributed by atoms with E-state index in [1.807, 2.05) is 0 Å². The van der Waals surface area contributed by atoms with E-state index in [2.05, 4.69) is 5.32 Å². The monoisotopic (exact) mass is 230 g/mol. The van der Waals surface area contributed by atoms with E-state index in [0.29, 0.717) is 13.2 Å². The Balaban J connectivity index is 2.28. The minimum Gasteiger partial charge on any atom is -0.382 e. The second-order valence-electron chi connectivity index (χ2n) is 4.26. The second kappa shape index (κ2) is 6.83. The summed E-state index contributed by atoms with van der Waals surface area (Å²) in [6, 6.07) is 0.0171. The molecule has 1 aliphatic carbocycles. The van der Waals surface area contributed by atoms with Crippen molar-refractivity contribution in [3.63, 3.8) is 0 Å². The summed E-state index contributed by atoms with van der Waals surface area (Å²) in [5.74, 6) is 0.0169. The van der Waals surface area contributed by atoms with E-state index in [0.717, 1.165) is 19.3 Å². The van der Waals surface area contributed by atoms with Crippen molar-refractivity contribution in [2.45, 2.75) is 31.4 Å². The molecule has 0 saturated heterocycles. The third kappa shape index (κ3) is 3.73. The molecule has 3 unspecified atom stereocenters. The Labute approximate surface area is 96.7 Å². The van der Waals surface area contributed by atoms with Gasteiger partial charge in [0, 0.05) is 26.8 Å². The summed E-state index contributed by atoms with van der Waals surface area (Å²) in [6.45, 7) is 0.958. The van der Waals surface area contributed by atoms with Crippen molar-refractivity contribution in [2.24, 2.45) is 11.7 Å². The molecule has 3 atom stereocenters. The first-order chi connectivity index (χ1) is 7.69. The van der Waals surface area contributed by atoms with Crippen LogP contribution >= 0.6 is 0 Å². The van der Waals surface area contributed by atoms with Crippen LogP contribution in [0.25, 0.3) is 0 Å². The quantitative estimate of drug-likeness (QED) is 0.668. The number of rotatable bonds is 6. The molecule has 0 aliphatic heterocycles. The van der Waals surface area contributed by atoms with Crippen molar-refractivity contribution < 1.29 is 14.3 Å². The Morgan fingerprint density at radius 3 is 2.75 bits per heavy atom. The van der Waals surface area contributed by atoms with Crippen molar-refractivity contribution in [3.8, 4) is 0 Å². The van der Waals surface area contributed by atoms with Crippen LogP contribution in [0.2, 0.25) is 0 Å². The van der Waals surface area contributed by atoms with Crippen molar-refractivity contribution in [2.75, 3.05) is 27.4 Å². The van der Waals surface area contributed by atoms with Crippen LogP contribution in [0.15, 0.2) is 0 Å². The van der Waals surface area contributed by atoms with Gasteiger partial charge in [0.15, 0.2) is 0 Å². The van der Waals surface area contributed by atoms with Crippen LogP contribution in [0.5, 0.6) is 0 Å². The molecule has 0 radical (unpaired) electrons. The lowest BCUT2D eigenvalue weighted by molar-refractivity contribution is -0.125. The predicted molar refractivity (Wildman–Crippen MR) is 61.0 cm³/mol. The van der Waals surface area contributed by atoms with Gasteiger partial charge in [-0.25, -0.2) is 0 Å². The average Bonchev–Trinajstić information content (AvgIpc) is 2.70. The van der Waals surface area contributed by atoms with Gasteiger partial charge >= 0.3 is 0 Å². The summed E-state index contributed by atoms with van der Waals surface area (Å²) < 4.78 is 10.1. The van der Waals surface area contributed by atoms with E-state index in [9.17, 15) is 4.79 Å². The Kier molecular flexibility index (Phi) is 5.73. The Hall–Kier alpha value is -0.650. The van der Waals surface area contributed by atoms with E-state index in [4.69, 9.17) is 15.2 Å². The van der Waals surface area contributed by atoms with Crippen LogP contribution in [0.4, 0.5) is 0 Å². The first-order valence-electron chi connectivity index (χ1n) is 5.74. The van der Waals surface area contributed by atoms with Gasteiger partial charge in [-0.1, -0.05) is 6.42 Å². The molecule has 0 aromatic rings. The number of nitrogens with one attached hydrogen (secondary N) is 1. The molecule has 3 N–H and O–H groups in total. The van der Waals surface area contributed by atoms with Crippen molar-refractivity contribution in [3.05, 3.63) is 0 Å². The standard InChI is InChI=1S/C11H22N2O3/c1-15-7-8(16-2)6-13-11(14)9-4-3-5-10(9)12/h8-10H,3-7,12H2,1-2H3,(H,13,14). The van der Waals surface area contributed by atoms with Gasteiger partial charge < -0.3 is 20.5 Å². The minimum atomic E-state index is -0.0911. The number of carbonyl (C=O) groups excluding carboxylic acids is 1. The molecule has 0 bridgehead atoms. The lowest BCUT2D eigenvalue weighted by Crippen LogP contribution is -2.42. The fourth-order valence-electron chi connectivity index (χ4n) is 2.06. The maximum Gasteiger partial charge on any atom is 0.224 e. The molecule has 5 heteroatoms. The zero-order chi connectivity index (χ0) is 12.0. The molecule has 1 amide bonds. The number of carbonyl (C=O) groups is 1. The van der Waals surface area contributed by atoms with Crippen LogP contribution in [0.3, 0.4) is 0 Å². The van der Waals surface area contributed by atoms with E-state index in [1.165, 1.54) is 0 Å². The van der Waals surface area contributed by atoms with E-state index >= 15 is 0 Å². The highest BCUT2D eigenvalue weighted by molar-refractivity contribution is 5.79. The summed E-state index contributed by atoms with van der Waals surface area (Å²) in [4.78, 5) is 11.8. The highest BCUT2D eigenvalue weighted by Crippen LogP contribution is 2.23. The molecule has 0 aromatic carbocycles. The van der Waals surface area contributed by atoms with E-state index in [-0.39, 0.29) is 24.0 Å². The van der Waals surface area contributed by atoms with Gasteiger partial charge in [0.2, 0.25) is 5.91 Å². The van der Waals surface area contributed by atoms with Gasteiger partial charge in [-0.05, 0) is 12.8 Å². The Morgan fingerprint density at radius 1 is 1.50 bits per heavy atom. The molecule has 16 heavy (non-hydrogen) atoms. The number of hydrogen-bond acceptors (Lipinski definition) is 4. The summed E-state index contributed by atoms with van der Waals surface area (Å²) in [5.41, 5.74) is 5.86. The third-order valence-corrected chi connectivity index (χ3v) is 3.10. The summed E-state index contributed by atoms with van der Waals surface area (Å²) in [5, 5.41) is 2.87. The lowest BCUT2D eigenvalue weighted by Gasteiger charge is -2.18. The molecule has 1 fully saturated rings. The molecule has 5 nitrogen and oxygen atoms in total. The smallest absolute Gasteiger partial charge is 0.224 e. The summed E-state index contributed by atoms with van der Waals surface area (Å²) >= 11 is 0. The van der Waals surface area contributed by atoms with Gasteiger partial charge in [-0.2, -0.15) is 0 Å². The van der Waals surface area contributed by atoms with Crippen LogP contribution < -0.4 is 11.1 Å². The SMILES string of the molecule is COCC(CNC(=O)C1CCCC1N)OC. The molecule has 94 valence electrons. The van der Waals surface area contributed by atoms with Crippen LogP contribution in [0.1, 0.15) is 19.3 Å². The highest BCUT2D eigenvalue weighted by atomic mass is 16.5. The molecule has 0 spiro atoms.